The summed E-state index contributed by atoms with van der Waals surface area (Å²) in [6.45, 7) is 2.47. The third-order valence-corrected chi connectivity index (χ3v) is 3.14. The minimum Gasteiger partial charge on any atom is -0.385 e. The molecule has 4 heteroatoms. The lowest BCUT2D eigenvalue weighted by Crippen LogP contribution is -2.26. The monoisotopic (exact) mass is 195 g/mol. The Balaban J connectivity index is 2.47. The number of aromatic nitrogens is 2. The van der Waals surface area contributed by atoms with E-state index < -0.39 is 5.60 Å². The summed E-state index contributed by atoms with van der Waals surface area (Å²) in [7, 11) is 1.93. The van der Waals surface area contributed by atoms with E-state index in [1.807, 2.05) is 18.7 Å². The van der Waals surface area contributed by atoms with E-state index in [2.05, 4.69) is 5.10 Å². The predicted octanol–water partition coefficient (Wildman–Crippen LogP) is 0.211. The van der Waals surface area contributed by atoms with Gasteiger partial charge in [-0.1, -0.05) is 0 Å². The first kappa shape index (κ1) is 9.68. The molecule has 0 saturated carbocycles. The van der Waals surface area contributed by atoms with Crippen molar-refractivity contribution >= 4 is 0 Å². The van der Waals surface area contributed by atoms with Crippen LogP contribution in [0.5, 0.6) is 0 Å². The van der Waals surface area contributed by atoms with E-state index in [-0.39, 0.29) is 0 Å². The van der Waals surface area contributed by atoms with E-state index >= 15 is 0 Å². The van der Waals surface area contributed by atoms with Crippen molar-refractivity contribution in [3.05, 3.63) is 17.0 Å². The number of nitrogens with two attached hydrogens (primary N) is 1. The number of aryl methyl sites for hydroxylation is 2. The Labute approximate surface area is 83.7 Å². The number of aliphatic hydroxyl groups is 1. The van der Waals surface area contributed by atoms with Gasteiger partial charge in [0.1, 0.15) is 0 Å². The molecule has 0 fully saturated rings. The first-order valence-electron chi connectivity index (χ1n) is 5.04. The van der Waals surface area contributed by atoms with Crippen LogP contribution in [0.3, 0.4) is 0 Å². The second-order valence-electron chi connectivity index (χ2n) is 4.10. The van der Waals surface area contributed by atoms with Crippen molar-refractivity contribution in [3.63, 3.8) is 0 Å². The maximum Gasteiger partial charge on any atom is 0.0948 e. The Hall–Kier alpha value is -0.870. The smallest absolute Gasteiger partial charge is 0.0948 e. The van der Waals surface area contributed by atoms with E-state index in [9.17, 15) is 5.11 Å². The van der Waals surface area contributed by atoms with E-state index in [1.165, 1.54) is 5.69 Å². The third-order valence-electron chi connectivity index (χ3n) is 3.14. The van der Waals surface area contributed by atoms with Gasteiger partial charge in [-0.2, -0.15) is 5.10 Å². The molecule has 4 nitrogen and oxygen atoms in total. The highest BCUT2D eigenvalue weighted by Gasteiger charge is 2.40. The average molecular weight is 195 g/mol. The summed E-state index contributed by atoms with van der Waals surface area (Å²) in [6, 6.07) is 0. The highest BCUT2D eigenvalue weighted by molar-refractivity contribution is 5.36. The van der Waals surface area contributed by atoms with Crippen LogP contribution in [0.2, 0.25) is 0 Å². The Kier molecular flexibility index (Phi) is 2.12. The molecular weight excluding hydrogens is 178 g/mol. The zero-order valence-electron chi connectivity index (χ0n) is 8.75. The van der Waals surface area contributed by atoms with Gasteiger partial charge in [-0.3, -0.25) is 4.68 Å². The molecule has 78 valence electrons. The van der Waals surface area contributed by atoms with E-state index in [0.29, 0.717) is 13.0 Å². The number of hydrogen-bond donors (Lipinski definition) is 2. The van der Waals surface area contributed by atoms with Crippen molar-refractivity contribution in [3.8, 4) is 0 Å². The Bertz CT molecular complexity index is 358. The molecule has 1 aromatic heterocycles. The molecule has 0 radical (unpaired) electrons. The van der Waals surface area contributed by atoms with Crippen LogP contribution in [-0.4, -0.2) is 21.4 Å². The molecule has 1 aromatic rings. The lowest BCUT2D eigenvalue weighted by Gasteiger charge is -2.22. The summed E-state index contributed by atoms with van der Waals surface area (Å²) in [5, 5.41) is 14.7. The lowest BCUT2D eigenvalue weighted by molar-refractivity contribution is 0.0313. The van der Waals surface area contributed by atoms with E-state index in [4.69, 9.17) is 5.73 Å². The SMILES string of the molecule is Cc1nn(C)c2c1C(O)(CCN)CC2. The van der Waals surface area contributed by atoms with Crippen LogP contribution in [0, 0.1) is 6.92 Å². The number of hydrogen-bond acceptors (Lipinski definition) is 3. The highest BCUT2D eigenvalue weighted by atomic mass is 16.3. The largest absolute Gasteiger partial charge is 0.385 e. The number of rotatable bonds is 2. The molecule has 0 amide bonds. The van der Waals surface area contributed by atoms with Gasteiger partial charge in [0.05, 0.1) is 11.3 Å². The zero-order chi connectivity index (χ0) is 10.3. The molecule has 0 aromatic carbocycles. The Morgan fingerprint density at radius 2 is 2.36 bits per heavy atom. The minimum absolute atomic E-state index is 0.518. The van der Waals surface area contributed by atoms with Crippen LogP contribution in [0.1, 0.15) is 29.8 Å². The van der Waals surface area contributed by atoms with Crippen molar-refractivity contribution in [1.82, 2.24) is 9.78 Å². The maximum atomic E-state index is 10.4. The first-order valence-corrected chi connectivity index (χ1v) is 5.04. The van der Waals surface area contributed by atoms with Crippen molar-refractivity contribution in [1.29, 1.82) is 0 Å². The predicted molar refractivity (Wildman–Crippen MR) is 53.8 cm³/mol. The van der Waals surface area contributed by atoms with E-state index in [1.54, 1.807) is 0 Å². The van der Waals surface area contributed by atoms with Gasteiger partial charge in [-0.15, -0.1) is 0 Å². The van der Waals surface area contributed by atoms with Gasteiger partial charge in [0.15, 0.2) is 0 Å². The van der Waals surface area contributed by atoms with Crippen molar-refractivity contribution < 1.29 is 5.11 Å². The van der Waals surface area contributed by atoms with Crippen LogP contribution in [0.25, 0.3) is 0 Å². The van der Waals surface area contributed by atoms with Gasteiger partial charge in [-0.25, -0.2) is 0 Å². The van der Waals surface area contributed by atoms with Gasteiger partial charge in [-0.05, 0) is 32.7 Å². The Morgan fingerprint density at radius 3 is 3.00 bits per heavy atom. The minimum atomic E-state index is -0.720. The molecule has 0 saturated heterocycles. The fourth-order valence-corrected chi connectivity index (χ4v) is 2.54. The number of fused-ring (bicyclic) bond motifs is 1. The van der Waals surface area contributed by atoms with Gasteiger partial charge in [0.25, 0.3) is 0 Å². The van der Waals surface area contributed by atoms with Gasteiger partial charge in [0.2, 0.25) is 0 Å². The molecular formula is C10H17N3O. The molecule has 1 heterocycles. The molecule has 1 aliphatic carbocycles. The molecule has 0 bridgehead atoms. The van der Waals surface area contributed by atoms with Gasteiger partial charge in [0, 0.05) is 18.3 Å². The summed E-state index contributed by atoms with van der Waals surface area (Å²) in [6.07, 6.45) is 2.32. The van der Waals surface area contributed by atoms with Crippen LogP contribution in [-0.2, 0) is 19.1 Å². The quantitative estimate of drug-likeness (QED) is 0.709. The fraction of sp³-hybridized carbons (Fsp3) is 0.700. The summed E-state index contributed by atoms with van der Waals surface area (Å²) >= 11 is 0. The molecule has 1 unspecified atom stereocenters. The normalized spacial score (nSPS) is 25.4. The number of nitrogens with zero attached hydrogens (tertiary/aromatic N) is 2. The summed E-state index contributed by atoms with van der Waals surface area (Å²) in [4.78, 5) is 0. The molecule has 0 spiro atoms. The van der Waals surface area contributed by atoms with Crippen LogP contribution >= 0.6 is 0 Å². The third kappa shape index (κ3) is 1.18. The fourth-order valence-electron chi connectivity index (χ4n) is 2.54. The second-order valence-corrected chi connectivity index (χ2v) is 4.10. The van der Waals surface area contributed by atoms with E-state index in [0.717, 1.165) is 24.1 Å². The average Bonchev–Trinajstić information content (AvgIpc) is 2.56. The molecule has 2 rings (SSSR count). The zero-order valence-corrected chi connectivity index (χ0v) is 8.75. The topological polar surface area (TPSA) is 64.1 Å². The lowest BCUT2D eigenvalue weighted by atomic mass is 9.92. The molecule has 3 N–H and O–H groups in total. The first-order chi connectivity index (χ1) is 6.58. The van der Waals surface area contributed by atoms with Crippen molar-refractivity contribution in [2.24, 2.45) is 12.8 Å². The van der Waals surface area contributed by atoms with Crippen LogP contribution in [0.4, 0.5) is 0 Å². The maximum absolute atomic E-state index is 10.4. The van der Waals surface area contributed by atoms with Gasteiger partial charge < -0.3 is 10.8 Å². The van der Waals surface area contributed by atoms with Crippen molar-refractivity contribution in [2.45, 2.75) is 31.8 Å². The molecule has 1 atom stereocenters. The molecule has 1 aliphatic rings. The molecule has 0 aliphatic heterocycles. The van der Waals surface area contributed by atoms with Gasteiger partial charge >= 0.3 is 0 Å². The molecule has 14 heavy (non-hydrogen) atoms. The van der Waals surface area contributed by atoms with Crippen molar-refractivity contribution in [2.75, 3.05) is 6.54 Å². The summed E-state index contributed by atoms with van der Waals surface area (Å²) in [5.41, 5.74) is 7.93. The second kappa shape index (κ2) is 3.07. The highest BCUT2D eigenvalue weighted by Crippen LogP contribution is 2.40. The van der Waals surface area contributed by atoms with Crippen LogP contribution in [0.15, 0.2) is 0 Å². The Morgan fingerprint density at radius 1 is 1.64 bits per heavy atom. The summed E-state index contributed by atoms with van der Waals surface area (Å²) in [5.74, 6) is 0. The standard InChI is InChI=1S/C10H17N3O/c1-7-9-8(13(2)12-7)3-4-10(9,14)5-6-11/h14H,3-6,11H2,1-2H3. The summed E-state index contributed by atoms with van der Waals surface area (Å²) < 4.78 is 1.87. The van der Waals surface area contributed by atoms with Crippen LogP contribution < -0.4 is 5.73 Å².